The number of hydrogen-bond acceptors (Lipinski definition) is 6. The van der Waals surface area contributed by atoms with Gasteiger partial charge in [-0.3, -0.25) is 14.6 Å². The number of benzene rings is 2. The molecule has 0 fully saturated rings. The van der Waals surface area contributed by atoms with Crippen molar-refractivity contribution in [3.8, 4) is 0 Å². The normalized spacial score (nSPS) is 13.0. The summed E-state index contributed by atoms with van der Waals surface area (Å²) in [6.07, 6.45) is 3.69. The van der Waals surface area contributed by atoms with Crippen LogP contribution in [0.1, 0.15) is 48.1 Å². The molecule has 0 bridgehead atoms. The topological polar surface area (TPSA) is 115 Å². The molecule has 7 nitrogen and oxygen atoms in total. The largest absolute Gasteiger partial charge is 0.480 e. The Hall–Kier alpha value is -4.00. The Morgan fingerprint density at radius 1 is 1.00 bits per heavy atom. The van der Waals surface area contributed by atoms with Gasteiger partial charge in [0.25, 0.3) is 0 Å². The third kappa shape index (κ3) is 5.12. The van der Waals surface area contributed by atoms with Crippen LogP contribution >= 0.6 is 0 Å². The lowest BCUT2D eigenvalue weighted by atomic mass is 9.78. The lowest BCUT2D eigenvalue weighted by Gasteiger charge is -2.26. The second kappa shape index (κ2) is 10.5. The van der Waals surface area contributed by atoms with E-state index in [0.717, 1.165) is 56.9 Å². The summed E-state index contributed by atoms with van der Waals surface area (Å²) < 4.78 is 5.11. The highest BCUT2D eigenvalue weighted by molar-refractivity contribution is 6.08. The number of ether oxygens (including phenoxy) is 1. The lowest BCUT2D eigenvalue weighted by Crippen LogP contribution is -2.42. The summed E-state index contributed by atoms with van der Waals surface area (Å²) in [5.41, 5.74) is 11.4. The molecule has 192 valence electrons. The van der Waals surface area contributed by atoms with Crippen LogP contribution in [-0.2, 0) is 33.6 Å². The van der Waals surface area contributed by atoms with Crippen molar-refractivity contribution < 1.29 is 19.4 Å². The molecule has 0 saturated carbocycles. The van der Waals surface area contributed by atoms with Crippen molar-refractivity contribution in [2.45, 2.75) is 53.4 Å². The fraction of sp³-hybridized carbons (Fsp3) is 0.333. The second-order valence-corrected chi connectivity index (χ2v) is 9.66. The third-order valence-corrected chi connectivity index (χ3v) is 7.15. The number of hydrogen-bond donors (Lipinski definition) is 2. The first-order chi connectivity index (χ1) is 17.7. The van der Waals surface area contributed by atoms with Crippen molar-refractivity contribution in [2.75, 3.05) is 12.3 Å². The van der Waals surface area contributed by atoms with Gasteiger partial charge < -0.3 is 15.6 Å². The molecule has 0 spiro atoms. The van der Waals surface area contributed by atoms with Crippen LogP contribution in [0.2, 0.25) is 0 Å². The SMILES string of the molecule is CCOC(=O)C(CC)(Cc1ccc(CCc2cnc3c(N)nc4cc(C)ccc4c3c2)c(C)c1)C(=O)O. The Bertz CT molecular complexity index is 1500. The molecule has 0 aliphatic carbocycles. The van der Waals surface area contributed by atoms with Gasteiger partial charge in [0.1, 0.15) is 5.52 Å². The standard InChI is InChI=1S/C30H33N3O4/c1-5-30(28(34)35,29(36)37-6-2)16-20-8-10-22(19(4)14-20)11-9-21-15-24-23-12-7-18(3)13-25(23)33-27(31)26(24)32-17-21/h7-8,10,12-15,17H,5-6,9,11,16H2,1-4H3,(H2,31,33)(H,34,35). The number of anilines is 1. The molecule has 4 aromatic rings. The zero-order valence-corrected chi connectivity index (χ0v) is 21.8. The van der Waals surface area contributed by atoms with Crippen LogP contribution in [0.4, 0.5) is 5.82 Å². The van der Waals surface area contributed by atoms with Crippen LogP contribution in [0.5, 0.6) is 0 Å². The maximum Gasteiger partial charge on any atom is 0.323 e. The van der Waals surface area contributed by atoms with E-state index >= 15 is 0 Å². The molecule has 0 radical (unpaired) electrons. The summed E-state index contributed by atoms with van der Waals surface area (Å²) >= 11 is 0. The van der Waals surface area contributed by atoms with Gasteiger partial charge in [-0.25, -0.2) is 4.98 Å². The number of fused-ring (bicyclic) bond motifs is 3. The monoisotopic (exact) mass is 499 g/mol. The summed E-state index contributed by atoms with van der Waals surface area (Å²) in [7, 11) is 0. The molecule has 7 heteroatoms. The van der Waals surface area contributed by atoms with Gasteiger partial charge in [-0.05, 0) is 86.4 Å². The van der Waals surface area contributed by atoms with Gasteiger partial charge in [-0.2, -0.15) is 0 Å². The number of aliphatic carboxylic acids is 1. The van der Waals surface area contributed by atoms with Crippen molar-refractivity contribution in [1.29, 1.82) is 0 Å². The summed E-state index contributed by atoms with van der Waals surface area (Å²) in [4.78, 5) is 33.8. The number of aromatic nitrogens is 2. The van der Waals surface area contributed by atoms with Crippen molar-refractivity contribution in [3.63, 3.8) is 0 Å². The maximum atomic E-state index is 12.5. The molecule has 0 amide bonds. The minimum Gasteiger partial charge on any atom is -0.480 e. The highest BCUT2D eigenvalue weighted by Gasteiger charge is 2.46. The number of nitrogens with two attached hydrogens (primary N) is 1. The molecular weight excluding hydrogens is 466 g/mol. The number of rotatable bonds is 9. The van der Waals surface area contributed by atoms with Crippen LogP contribution in [0.3, 0.4) is 0 Å². The number of pyridine rings is 2. The van der Waals surface area contributed by atoms with Gasteiger partial charge in [0.2, 0.25) is 0 Å². The van der Waals surface area contributed by atoms with Gasteiger partial charge in [0.05, 0.1) is 12.1 Å². The second-order valence-electron chi connectivity index (χ2n) is 9.66. The highest BCUT2D eigenvalue weighted by atomic mass is 16.5. The van der Waals surface area contributed by atoms with E-state index in [1.54, 1.807) is 13.8 Å². The molecule has 1 unspecified atom stereocenters. The smallest absolute Gasteiger partial charge is 0.323 e. The summed E-state index contributed by atoms with van der Waals surface area (Å²) in [6, 6.07) is 14.2. The molecule has 3 N–H and O–H groups in total. The third-order valence-electron chi connectivity index (χ3n) is 7.15. The Morgan fingerprint density at radius 2 is 1.78 bits per heavy atom. The highest BCUT2D eigenvalue weighted by Crippen LogP contribution is 2.31. The van der Waals surface area contributed by atoms with Crippen molar-refractivity contribution in [2.24, 2.45) is 5.41 Å². The van der Waals surface area contributed by atoms with Crippen LogP contribution in [0, 0.1) is 19.3 Å². The Balaban J connectivity index is 1.56. The van der Waals surface area contributed by atoms with E-state index in [4.69, 9.17) is 10.5 Å². The number of esters is 1. The van der Waals surface area contributed by atoms with E-state index in [1.807, 2.05) is 44.3 Å². The van der Waals surface area contributed by atoms with Gasteiger partial charge in [-0.1, -0.05) is 37.3 Å². The number of aryl methyl sites for hydroxylation is 4. The van der Waals surface area contributed by atoms with Gasteiger partial charge >= 0.3 is 11.9 Å². The van der Waals surface area contributed by atoms with Crippen molar-refractivity contribution in [3.05, 3.63) is 76.5 Å². The first kappa shape index (κ1) is 26.1. The quantitative estimate of drug-likeness (QED) is 0.181. The molecule has 2 aromatic carbocycles. The van der Waals surface area contributed by atoms with Crippen LogP contribution < -0.4 is 5.73 Å². The predicted octanol–water partition coefficient (Wildman–Crippen LogP) is 5.35. The van der Waals surface area contributed by atoms with E-state index in [2.05, 4.69) is 28.2 Å². The molecule has 2 aromatic heterocycles. The molecule has 4 rings (SSSR count). The maximum absolute atomic E-state index is 12.5. The first-order valence-corrected chi connectivity index (χ1v) is 12.6. The van der Waals surface area contributed by atoms with Crippen molar-refractivity contribution in [1.82, 2.24) is 9.97 Å². The van der Waals surface area contributed by atoms with Crippen LogP contribution in [0.25, 0.3) is 21.8 Å². The molecule has 1 atom stereocenters. The summed E-state index contributed by atoms with van der Waals surface area (Å²) in [6.45, 7) is 7.58. The van der Waals surface area contributed by atoms with Crippen molar-refractivity contribution >= 4 is 39.6 Å². The fourth-order valence-corrected chi connectivity index (χ4v) is 4.90. The average molecular weight is 500 g/mol. The zero-order valence-electron chi connectivity index (χ0n) is 21.8. The van der Waals surface area contributed by atoms with E-state index < -0.39 is 17.4 Å². The Kier molecular flexibility index (Phi) is 7.43. The number of nitrogen functional groups attached to an aromatic ring is 1. The minimum absolute atomic E-state index is 0.0926. The summed E-state index contributed by atoms with van der Waals surface area (Å²) in [5, 5.41) is 11.9. The minimum atomic E-state index is -1.58. The zero-order chi connectivity index (χ0) is 26.7. The van der Waals surface area contributed by atoms with E-state index in [9.17, 15) is 14.7 Å². The van der Waals surface area contributed by atoms with Gasteiger partial charge in [0, 0.05) is 17.0 Å². The fourth-order valence-electron chi connectivity index (χ4n) is 4.90. The summed E-state index contributed by atoms with van der Waals surface area (Å²) in [5.74, 6) is -1.41. The predicted molar refractivity (Wildman–Crippen MR) is 145 cm³/mol. The molecule has 37 heavy (non-hydrogen) atoms. The average Bonchev–Trinajstić information content (AvgIpc) is 2.86. The van der Waals surface area contributed by atoms with Crippen LogP contribution in [-0.4, -0.2) is 33.6 Å². The number of carboxylic acids is 1. The Morgan fingerprint density at radius 3 is 2.46 bits per heavy atom. The molecule has 0 aliphatic heterocycles. The molecule has 0 saturated heterocycles. The van der Waals surface area contributed by atoms with Crippen LogP contribution in [0.15, 0.2) is 48.7 Å². The van der Waals surface area contributed by atoms with E-state index in [1.165, 1.54) is 0 Å². The van der Waals surface area contributed by atoms with E-state index in [0.29, 0.717) is 11.3 Å². The van der Waals surface area contributed by atoms with E-state index in [-0.39, 0.29) is 19.4 Å². The first-order valence-electron chi connectivity index (χ1n) is 12.6. The number of carboxylic acid groups (broad SMARTS) is 1. The number of carbonyl (C=O) groups is 2. The number of carbonyl (C=O) groups excluding carboxylic acids is 1. The van der Waals surface area contributed by atoms with Gasteiger partial charge in [-0.15, -0.1) is 0 Å². The Labute approximate surface area is 216 Å². The molecule has 2 heterocycles. The number of nitrogens with zero attached hydrogens (tertiary/aromatic N) is 2. The van der Waals surface area contributed by atoms with Gasteiger partial charge in [0.15, 0.2) is 11.2 Å². The lowest BCUT2D eigenvalue weighted by molar-refractivity contribution is -0.168. The molecule has 0 aliphatic rings. The molecular formula is C30H33N3O4.